The van der Waals surface area contributed by atoms with Crippen molar-refractivity contribution in [1.82, 2.24) is 0 Å². The minimum Gasteiger partial charge on any atom is -0.392 e. The summed E-state index contributed by atoms with van der Waals surface area (Å²) >= 11 is 0. The van der Waals surface area contributed by atoms with Crippen LogP contribution in [0.5, 0.6) is 0 Å². The first kappa shape index (κ1) is 16.4. The van der Waals surface area contributed by atoms with Crippen LogP contribution in [0.3, 0.4) is 0 Å². The van der Waals surface area contributed by atoms with Crippen molar-refractivity contribution in [1.29, 1.82) is 0 Å². The zero-order valence-electron chi connectivity index (χ0n) is 11.8. The molecule has 1 N–H and O–H groups in total. The molecular formula is C16H30O. The molecule has 2 unspecified atom stereocenters. The van der Waals surface area contributed by atoms with Gasteiger partial charge in [-0.05, 0) is 25.7 Å². The Morgan fingerprint density at radius 1 is 1.06 bits per heavy atom. The predicted molar refractivity (Wildman–Crippen MR) is 77.1 cm³/mol. The standard InChI is InChI=1S/C16H30O/c1-5-9-10-14-16(12-7-3,13-8-4)15(17)11-6-2/h6-7,15,17H,2-3,5,8-14H2,1,4H3. The molecule has 0 bridgehead atoms. The van der Waals surface area contributed by atoms with Crippen molar-refractivity contribution in [2.45, 2.75) is 71.3 Å². The molecule has 100 valence electrons. The summed E-state index contributed by atoms with van der Waals surface area (Å²) in [5.41, 5.74) is 0.0276. The Morgan fingerprint density at radius 2 is 1.76 bits per heavy atom. The molecule has 0 aliphatic carbocycles. The van der Waals surface area contributed by atoms with Crippen LogP contribution in [-0.2, 0) is 0 Å². The van der Waals surface area contributed by atoms with Gasteiger partial charge in [0.15, 0.2) is 0 Å². The largest absolute Gasteiger partial charge is 0.392 e. The number of rotatable bonds is 11. The van der Waals surface area contributed by atoms with E-state index < -0.39 is 0 Å². The number of hydrogen-bond acceptors (Lipinski definition) is 1. The molecule has 0 fully saturated rings. The van der Waals surface area contributed by atoms with Gasteiger partial charge in [0, 0.05) is 5.41 Å². The minimum atomic E-state index is -0.269. The molecular weight excluding hydrogens is 208 g/mol. The van der Waals surface area contributed by atoms with Crippen LogP contribution in [0.15, 0.2) is 25.3 Å². The van der Waals surface area contributed by atoms with Crippen LogP contribution in [0.4, 0.5) is 0 Å². The molecule has 0 saturated carbocycles. The van der Waals surface area contributed by atoms with E-state index in [9.17, 15) is 5.11 Å². The van der Waals surface area contributed by atoms with Gasteiger partial charge < -0.3 is 5.11 Å². The Balaban J connectivity index is 4.68. The number of unbranched alkanes of at least 4 members (excludes halogenated alkanes) is 2. The van der Waals surface area contributed by atoms with Crippen LogP contribution >= 0.6 is 0 Å². The van der Waals surface area contributed by atoms with E-state index >= 15 is 0 Å². The molecule has 17 heavy (non-hydrogen) atoms. The summed E-state index contributed by atoms with van der Waals surface area (Å²) in [5, 5.41) is 10.4. The SMILES string of the molecule is C=CCC(O)C(CC=C)(CCC)CCCCC. The fourth-order valence-electron chi connectivity index (χ4n) is 2.72. The molecule has 0 radical (unpaired) electrons. The highest BCUT2D eigenvalue weighted by Gasteiger charge is 2.34. The molecule has 2 atom stereocenters. The minimum absolute atomic E-state index is 0.0276. The van der Waals surface area contributed by atoms with Gasteiger partial charge in [-0.15, -0.1) is 13.2 Å². The lowest BCUT2D eigenvalue weighted by atomic mass is 9.70. The van der Waals surface area contributed by atoms with Crippen LogP contribution in [0.25, 0.3) is 0 Å². The first-order valence-electron chi connectivity index (χ1n) is 7.06. The highest BCUT2D eigenvalue weighted by Crippen LogP contribution is 2.39. The van der Waals surface area contributed by atoms with Crippen LogP contribution in [0, 0.1) is 5.41 Å². The van der Waals surface area contributed by atoms with E-state index in [1.165, 1.54) is 19.3 Å². The molecule has 0 saturated heterocycles. The van der Waals surface area contributed by atoms with Gasteiger partial charge in [0.1, 0.15) is 0 Å². The first-order chi connectivity index (χ1) is 8.16. The van der Waals surface area contributed by atoms with Gasteiger partial charge in [-0.2, -0.15) is 0 Å². The maximum Gasteiger partial charge on any atom is 0.0633 e. The topological polar surface area (TPSA) is 20.2 Å². The van der Waals surface area contributed by atoms with E-state index in [1.807, 2.05) is 12.2 Å². The third-order valence-corrected chi connectivity index (χ3v) is 3.67. The highest BCUT2D eigenvalue weighted by atomic mass is 16.3. The predicted octanol–water partition coefficient (Wildman–Crippen LogP) is 4.87. The summed E-state index contributed by atoms with van der Waals surface area (Å²) in [5.74, 6) is 0. The molecule has 0 aromatic rings. The Bertz CT molecular complexity index is 210. The molecule has 0 heterocycles. The quantitative estimate of drug-likeness (QED) is 0.402. The fourth-order valence-corrected chi connectivity index (χ4v) is 2.72. The third kappa shape index (κ3) is 5.54. The lowest BCUT2D eigenvalue weighted by Crippen LogP contribution is -2.34. The van der Waals surface area contributed by atoms with Gasteiger partial charge in [0.2, 0.25) is 0 Å². The van der Waals surface area contributed by atoms with Gasteiger partial charge >= 0.3 is 0 Å². The molecule has 0 aromatic carbocycles. The second-order valence-corrected chi connectivity index (χ2v) is 5.10. The molecule has 0 amide bonds. The summed E-state index contributed by atoms with van der Waals surface area (Å²) < 4.78 is 0. The maximum atomic E-state index is 10.4. The van der Waals surface area contributed by atoms with Crippen molar-refractivity contribution in [3.8, 4) is 0 Å². The Kier molecular flexibility index (Phi) is 9.16. The molecule has 0 spiro atoms. The van der Waals surface area contributed by atoms with E-state index in [4.69, 9.17) is 0 Å². The summed E-state index contributed by atoms with van der Waals surface area (Å²) in [6, 6.07) is 0. The van der Waals surface area contributed by atoms with E-state index in [0.717, 1.165) is 25.7 Å². The number of aliphatic hydroxyl groups excluding tert-OH is 1. The van der Waals surface area contributed by atoms with Gasteiger partial charge in [-0.25, -0.2) is 0 Å². The van der Waals surface area contributed by atoms with Gasteiger partial charge in [-0.3, -0.25) is 0 Å². The summed E-state index contributed by atoms with van der Waals surface area (Å²) in [4.78, 5) is 0. The van der Waals surface area contributed by atoms with Gasteiger partial charge in [0.25, 0.3) is 0 Å². The molecule has 1 nitrogen and oxygen atoms in total. The smallest absolute Gasteiger partial charge is 0.0633 e. The van der Waals surface area contributed by atoms with Crippen molar-refractivity contribution in [3.63, 3.8) is 0 Å². The summed E-state index contributed by atoms with van der Waals surface area (Å²) in [6.07, 6.45) is 12.1. The van der Waals surface area contributed by atoms with Crippen molar-refractivity contribution < 1.29 is 5.11 Å². The lowest BCUT2D eigenvalue weighted by molar-refractivity contribution is 0.0121. The maximum absolute atomic E-state index is 10.4. The lowest BCUT2D eigenvalue weighted by Gasteiger charge is -2.37. The van der Waals surface area contributed by atoms with Crippen molar-refractivity contribution in [3.05, 3.63) is 25.3 Å². The Morgan fingerprint density at radius 3 is 2.24 bits per heavy atom. The normalized spacial score (nSPS) is 16.2. The van der Waals surface area contributed by atoms with E-state index in [0.29, 0.717) is 6.42 Å². The van der Waals surface area contributed by atoms with Crippen molar-refractivity contribution >= 4 is 0 Å². The summed E-state index contributed by atoms with van der Waals surface area (Å²) in [6.45, 7) is 12.0. The van der Waals surface area contributed by atoms with Gasteiger partial charge in [0.05, 0.1) is 6.10 Å². The third-order valence-electron chi connectivity index (χ3n) is 3.67. The summed E-state index contributed by atoms with van der Waals surface area (Å²) in [7, 11) is 0. The van der Waals surface area contributed by atoms with Crippen LogP contribution < -0.4 is 0 Å². The number of aliphatic hydroxyl groups is 1. The van der Waals surface area contributed by atoms with Crippen molar-refractivity contribution in [2.75, 3.05) is 0 Å². The highest BCUT2D eigenvalue weighted by molar-refractivity contribution is 4.94. The Labute approximate surface area is 108 Å². The second kappa shape index (κ2) is 9.47. The monoisotopic (exact) mass is 238 g/mol. The number of allylic oxidation sites excluding steroid dienone is 1. The average Bonchev–Trinajstić information content (AvgIpc) is 2.30. The molecule has 0 rings (SSSR count). The van der Waals surface area contributed by atoms with Gasteiger partial charge in [-0.1, -0.05) is 51.7 Å². The van der Waals surface area contributed by atoms with Crippen molar-refractivity contribution in [2.24, 2.45) is 5.41 Å². The zero-order chi connectivity index (χ0) is 13.1. The molecule has 0 aromatic heterocycles. The second-order valence-electron chi connectivity index (χ2n) is 5.10. The van der Waals surface area contributed by atoms with Crippen LogP contribution in [0.1, 0.15) is 65.2 Å². The van der Waals surface area contributed by atoms with E-state index in [1.54, 1.807) is 0 Å². The van der Waals surface area contributed by atoms with E-state index in [2.05, 4.69) is 27.0 Å². The molecule has 0 aliphatic rings. The first-order valence-corrected chi connectivity index (χ1v) is 7.06. The van der Waals surface area contributed by atoms with Crippen LogP contribution in [-0.4, -0.2) is 11.2 Å². The molecule has 0 aliphatic heterocycles. The fraction of sp³-hybridized carbons (Fsp3) is 0.750. The average molecular weight is 238 g/mol. The van der Waals surface area contributed by atoms with E-state index in [-0.39, 0.29) is 11.5 Å². The Hall–Kier alpha value is -0.560. The van der Waals surface area contributed by atoms with Crippen LogP contribution in [0.2, 0.25) is 0 Å². The number of hydrogen-bond donors (Lipinski definition) is 1. The molecule has 1 heteroatoms. The zero-order valence-corrected chi connectivity index (χ0v) is 11.8.